The highest BCUT2D eigenvalue weighted by molar-refractivity contribution is 5.76. The maximum Gasteiger partial charge on any atom is 0.220 e. The van der Waals surface area contributed by atoms with Crippen molar-refractivity contribution in [3.63, 3.8) is 0 Å². The molecule has 0 spiro atoms. The van der Waals surface area contributed by atoms with Crippen LogP contribution in [0.2, 0.25) is 0 Å². The molecule has 1 amide bonds. The van der Waals surface area contributed by atoms with Crippen LogP contribution in [0.25, 0.3) is 0 Å². The number of hydrogen-bond donors (Lipinski definition) is 3. The van der Waals surface area contributed by atoms with Crippen LogP contribution in [-0.2, 0) is 4.79 Å². The number of nitrogens with one attached hydrogen (secondary N) is 1. The van der Waals surface area contributed by atoms with Crippen LogP contribution < -0.4 is 5.32 Å². The first-order chi connectivity index (χ1) is 18.7. The molecule has 4 nitrogen and oxygen atoms in total. The summed E-state index contributed by atoms with van der Waals surface area (Å²) in [4.78, 5) is 12.3. The fraction of sp³-hybridized carbons (Fsp3) is 0.912. The monoisotopic (exact) mass is 538 g/mol. The molecule has 0 aliphatic rings. The number of carbonyl (C=O) groups excluding carboxylic acids is 1. The maximum atomic E-state index is 12.3. The lowest BCUT2D eigenvalue weighted by molar-refractivity contribution is -0.123. The first kappa shape index (κ1) is 37.1. The molecule has 0 bridgehead atoms. The summed E-state index contributed by atoms with van der Waals surface area (Å²) < 4.78 is 0. The normalized spacial score (nSPS) is 13.3. The van der Waals surface area contributed by atoms with Gasteiger partial charge in [-0.3, -0.25) is 4.79 Å². The second kappa shape index (κ2) is 30.7. The zero-order chi connectivity index (χ0) is 27.9. The lowest BCUT2D eigenvalue weighted by Crippen LogP contribution is -2.45. The number of amides is 1. The van der Waals surface area contributed by atoms with Crippen LogP contribution in [0.1, 0.15) is 181 Å². The molecule has 3 N–H and O–H groups in total. The molecule has 0 rings (SSSR count). The van der Waals surface area contributed by atoms with Crippen molar-refractivity contribution in [2.24, 2.45) is 0 Å². The molecule has 0 fully saturated rings. The summed E-state index contributed by atoms with van der Waals surface area (Å²) in [5.74, 6) is -0.0422. The molecule has 0 unspecified atom stereocenters. The largest absolute Gasteiger partial charge is 0.394 e. The smallest absolute Gasteiger partial charge is 0.220 e. The van der Waals surface area contributed by atoms with E-state index in [0.29, 0.717) is 12.8 Å². The standard InChI is InChI=1S/C34H67NO3/c1-3-5-7-9-11-13-15-16-17-18-19-20-22-24-26-28-30-34(38)35-32(31-36)33(37)29-27-25-23-21-14-12-10-8-6-4-2/h14,21,32-33,36-37H,3-13,15-20,22-31H2,1-2H3,(H,35,38)/b21-14+/t32-,33+/m0/s1. The molecule has 38 heavy (non-hydrogen) atoms. The van der Waals surface area contributed by atoms with Crippen LogP contribution in [0.3, 0.4) is 0 Å². The molecule has 4 heteroatoms. The van der Waals surface area contributed by atoms with Crippen LogP contribution in [0.5, 0.6) is 0 Å². The third-order valence-electron chi connectivity index (χ3n) is 7.78. The highest BCUT2D eigenvalue weighted by Gasteiger charge is 2.19. The third-order valence-corrected chi connectivity index (χ3v) is 7.78. The summed E-state index contributed by atoms with van der Waals surface area (Å²) in [6.07, 6.45) is 35.5. The Labute approximate surface area is 237 Å². The Kier molecular flexibility index (Phi) is 30.0. The summed E-state index contributed by atoms with van der Waals surface area (Å²) in [5.41, 5.74) is 0. The fourth-order valence-corrected chi connectivity index (χ4v) is 5.12. The van der Waals surface area contributed by atoms with E-state index >= 15 is 0 Å². The molecule has 0 heterocycles. The van der Waals surface area contributed by atoms with Crippen LogP contribution in [0.4, 0.5) is 0 Å². The van der Waals surface area contributed by atoms with Gasteiger partial charge in [0.25, 0.3) is 0 Å². The lowest BCUT2D eigenvalue weighted by atomic mass is 10.0. The van der Waals surface area contributed by atoms with Crippen molar-refractivity contribution in [3.8, 4) is 0 Å². The Bertz CT molecular complexity index is 508. The Balaban J connectivity index is 3.56. The summed E-state index contributed by atoms with van der Waals surface area (Å²) in [5, 5.41) is 22.9. The van der Waals surface area contributed by atoms with Gasteiger partial charge in [-0.25, -0.2) is 0 Å². The van der Waals surface area contributed by atoms with Gasteiger partial charge < -0.3 is 15.5 Å². The molecular formula is C34H67NO3. The number of hydrogen-bond acceptors (Lipinski definition) is 3. The molecule has 0 saturated carbocycles. The molecular weight excluding hydrogens is 470 g/mol. The van der Waals surface area contributed by atoms with Crippen LogP contribution in [-0.4, -0.2) is 34.9 Å². The molecule has 0 aliphatic heterocycles. The average molecular weight is 538 g/mol. The minimum atomic E-state index is -0.673. The van der Waals surface area contributed by atoms with Crippen molar-refractivity contribution in [1.29, 1.82) is 0 Å². The molecule has 2 atom stereocenters. The Morgan fingerprint density at radius 3 is 1.45 bits per heavy atom. The first-order valence-corrected chi connectivity index (χ1v) is 16.9. The molecule has 0 aromatic heterocycles. The van der Waals surface area contributed by atoms with Gasteiger partial charge in [0.2, 0.25) is 5.91 Å². The molecule has 0 aliphatic carbocycles. The van der Waals surface area contributed by atoms with Crippen LogP contribution in [0.15, 0.2) is 12.2 Å². The minimum Gasteiger partial charge on any atom is -0.394 e. The van der Waals surface area contributed by atoms with Crippen LogP contribution >= 0.6 is 0 Å². The number of rotatable bonds is 30. The zero-order valence-electron chi connectivity index (χ0n) is 25.7. The number of unbranched alkanes of at least 4 members (excludes halogenated alkanes) is 21. The van der Waals surface area contributed by atoms with E-state index in [9.17, 15) is 15.0 Å². The van der Waals surface area contributed by atoms with Crippen molar-refractivity contribution < 1.29 is 15.0 Å². The van der Waals surface area contributed by atoms with E-state index in [0.717, 1.165) is 32.1 Å². The highest BCUT2D eigenvalue weighted by Crippen LogP contribution is 2.14. The van der Waals surface area contributed by atoms with Gasteiger partial charge >= 0.3 is 0 Å². The Hall–Kier alpha value is -0.870. The molecule has 0 aromatic rings. The van der Waals surface area contributed by atoms with E-state index < -0.39 is 12.1 Å². The third kappa shape index (κ3) is 26.7. The highest BCUT2D eigenvalue weighted by atomic mass is 16.3. The number of aliphatic hydroxyl groups excluding tert-OH is 2. The van der Waals surface area contributed by atoms with E-state index in [-0.39, 0.29) is 12.5 Å². The van der Waals surface area contributed by atoms with Gasteiger partial charge in [0, 0.05) is 6.42 Å². The van der Waals surface area contributed by atoms with Gasteiger partial charge in [-0.1, -0.05) is 148 Å². The average Bonchev–Trinajstić information content (AvgIpc) is 2.92. The van der Waals surface area contributed by atoms with E-state index in [2.05, 4.69) is 31.3 Å². The van der Waals surface area contributed by atoms with E-state index in [1.807, 2.05) is 0 Å². The number of allylic oxidation sites excluding steroid dienone is 2. The molecule has 0 saturated heterocycles. The summed E-state index contributed by atoms with van der Waals surface area (Å²) in [6.45, 7) is 4.31. The van der Waals surface area contributed by atoms with Gasteiger partial charge in [-0.2, -0.15) is 0 Å². The van der Waals surface area contributed by atoms with Crippen molar-refractivity contribution >= 4 is 5.91 Å². The Morgan fingerprint density at radius 2 is 1.00 bits per heavy atom. The van der Waals surface area contributed by atoms with Gasteiger partial charge in [0.15, 0.2) is 0 Å². The topological polar surface area (TPSA) is 69.6 Å². The van der Waals surface area contributed by atoms with E-state index in [4.69, 9.17) is 0 Å². The fourth-order valence-electron chi connectivity index (χ4n) is 5.12. The summed E-state index contributed by atoms with van der Waals surface area (Å²) in [7, 11) is 0. The van der Waals surface area contributed by atoms with Gasteiger partial charge in [-0.05, 0) is 38.5 Å². The lowest BCUT2D eigenvalue weighted by Gasteiger charge is -2.22. The summed E-state index contributed by atoms with van der Waals surface area (Å²) >= 11 is 0. The van der Waals surface area contributed by atoms with Crippen molar-refractivity contribution in [1.82, 2.24) is 5.32 Å². The van der Waals surface area contributed by atoms with Crippen LogP contribution in [0, 0.1) is 0 Å². The predicted molar refractivity (Wildman–Crippen MR) is 166 cm³/mol. The Morgan fingerprint density at radius 1 is 0.605 bits per heavy atom. The van der Waals surface area contributed by atoms with Crippen molar-refractivity contribution in [3.05, 3.63) is 12.2 Å². The predicted octanol–water partition coefficient (Wildman–Crippen LogP) is 9.56. The molecule has 0 radical (unpaired) electrons. The van der Waals surface area contributed by atoms with E-state index in [1.165, 1.54) is 122 Å². The van der Waals surface area contributed by atoms with Crippen molar-refractivity contribution in [2.75, 3.05) is 6.61 Å². The zero-order valence-corrected chi connectivity index (χ0v) is 25.7. The van der Waals surface area contributed by atoms with Gasteiger partial charge in [0.05, 0.1) is 18.8 Å². The quantitative estimate of drug-likeness (QED) is 0.0631. The second-order valence-electron chi connectivity index (χ2n) is 11.6. The maximum absolute atomic E-state index is 12.3. The van der Waals surface area contributed by atoms with Gasteiger partial charge in [-0.15, -0.1) is 0 Å². The SMILES string of the molecule is CCCCCC/C=C/CCCC[C@@H](O)[C@H](CO)NC(=O)CCCCCCCCCCCCCCCCCC. The van der Waals surface area contributed by atoms with Gasteiger partial charge in [0.1, 0.15) is 0 Å². The number of carbonyl (C=O) groups is 1. The first-order valence-electron chi connectivity index (χ1n) is 16.9. The number of aliphatic hydroxyl groups is 2. The minimum absolute atomic E-state index is 0.0422. The van der Waals surface area contributed by atoms with Crippen molar-refractivity contribution in [2.45, 2.75) is 193 Å². The summed E-state index contributed by atoms with van der Waals surface area (Å²) in [6, 6.07) is -0.544. The molecule has 0 aromatic carbocycles. The molecule has 226 valence electrons. The van der Waals surface area contributed by atoms with E-state index in [1.54, 1.807) is 0 Å². The second-order valence-corrected chi connectivity index (χ2v) is 11.6.